The molecule has 0 saturated heterocycles. The molecule has 0 unspecified atom stereocenters. The maximum Gasteiger partial charge on any atom is 0.0515 e. The van der Waals surface area contributed by atoms with Crippen molar-refractivity contribution in [3.63, 3.8) is 0 Å². The van der Waals surface area contributed by atoms with Gasteiger partial charge in [0.25, 0.3) is 0 Å². The summed E-state index contributed by atoms with van der Waals surface area (Å²) in [5, 5.41) is 2.55. The Hall–Kier alpha value is -3.24. The third kappa shape index (κ3) is 5.23. The van der Waals surface area contributed by atoms with Crippen LogP contribution in [0.15, 0.2) is 97.6 Å². The minimum Gasteiger partial charge on any atom is -0.319 e. The fourth-order valence-electron chi connectivity index (χ4n) is 3.36. The SMILES string of the molecule is [2H]C([2H])([2H])c1ccc(-c2[c-]cccc2)nc1.[Ir].[c-]1cnccc1-c1cc2c(cn1)sc1ccccc12. The second-order valence-corrected chi connectivity index (χ2v) is 8.11. The molecule has 4 aromatic heterocycles. The molecule has 0 atom stereocenters. The van der Waals surface area contributed by atoms with Gasteiger partial charge in [-0.15, -0.1) is 53.3 Å². The van der Waals surface area contributed by atoms with Gasteiger partial charge >= 0.3 is 0 Å². The van der Waals surface area contributed by atoms with Crippen LogP contribution in [0.4, 0.5) is 0 Å². The molecule has 0 spiro atoms. The van der Waals surface area contributed by atoms with Crippen molar-refractivity contribution in [2.45, 2.75) is 6.85 Å². The van der Waals surface area contributed by atoms with E-state index < -0.39 is 6.85 Å². The second kappa shape index (κ2) is 10.6. The summed E-state index contributed by atoms with van der Waals surface area (Å²) < 4.78 is 24.2. The molecule has 0 aliphatic carbocycles. The maximum absolute atomic E-state index is 7.23. The number of hydrogen-bond donors (Lipinski definition) is 0. The maximum atomic E-state index is 7.23. The topological polar surface area (TPSA) is 38.7 Å². The Kier molecular flexibility index (Phi) is 6.17. The first-order valence-electron chi connectivity index (χ1n) is 11.5. The van der Waals surface area contributed by atoms with Crippen LogP contribution in [-0.2, 0) is 20.1 Å². The first-order chi connectivity index (χ1) is 17.0. The minimum absolute atomic E-state index is 0. The van der Waals surface area contributed by atoms with Crippen molar-refractivity contribution in [2.24, 2.45) is 0 Å². The predicted octanol–water partition coefficient (Wildman–Crippen LogP) is 7.17. The summed E-state index contributed by atoms with van der Waals surface area (Å²) in [4.78, 5) is 12.6. The molecule has 4 heterocycles. The van der Waals surface area contributed by atoms with Crippen LogP contribution in [0.2, 0.25) is 0 Å². The molecule has 5 heteroatoms. The summed E-state index contributed by atoms with van der Waals surface area (Å²) in [6.07, 6.45) is 6.78. The smallest absolute Gasteiger partial charge is 0.0515 e. The van der Waals surface area contributed by atoms with E-state index in [0.717, 1.165) is 22.5 Å². The van der Waals surface area contributed by atoms with Crippen LogP contribution in [0.3, 0.4) is 0 Å². The number of aromatic nitrogens is 3. The Balaban J connectivity index is 0.000000167. The standard InChI is InChI=1S/C16H9N2S.C12H10N.Ir/c1-2-4-15-12(3-1)13-9-14(18-10-16(13)19-15)11-5-7-17-8-6-11;1-10-7-8-12(13-9-10)11-5-3-2-4-6-11;/h1-5,7-10H;2-5,7-9H,1H3;/q2*-1;/i;1D3;. The van der Waals surface area contributed by atoms with Crippen LogP contribution in [0, 0.1) is 19.0 Å². The van der Waals surface area contributed by atoms with Crippen LogP contribution >= 0.6 is 11.3 Å². The van der Waals surface area contributed by atoms with Gasteiger partial charge in [0.15, 0.2) is 0 Å². The average Bonchev–Trinajstić information content (AvgIpc) is 3.28. The number of nitrogens with zero attached hydrogens (tertiary/aromatic N) is 3. The number of rotatable bonds is 2. The summed E-state index contributed by atoms with van der Waals surface area (Å²) in [7, 11) is 0. The molecule has 0 N–H and O–H groups in total. The molecule has 0 amide bonds. The minimum atomic E-state index is -2.09. The Morgan fingerprint density at radius 2 is 1.64 bits per heavy atom. The number of thiophene rings is 1. The molecular weight excluding hydrogens is 603 g/mol. The molecule has 33 heavy (non-hydrogen) atoms. The summed E-state index contributed by atoms with van der Waals surface area (Å²) in [6.45, 7) is -2.09. The van der Waals surface area contributed by atoms with Crippen molar-refractivity contribution in [1.29, 1.82) is 0 Å². The molecule has 6 aromatic rings. The van der Waals surface area contributed by atoms with E-state index in [2.05, 4.69) is 57.4 Å². The predicted molar refractivity (Wildman–Crippen MR) is 132 cm³/mol. The van der Waals surface area contributed by atoms with Gasteiger partial charge in [0.1, 0.15) is 0 Å². The third-order valence-electron chi connectivity index (χ3n) is 4.91. The van der Waals surface area contributed by atoms with E-state index >= 15 is 0 Å². The van der Waals surface area contributed by atoms with Gasteiger partial charge in [-0.05, 0) is 53.0 Å². The van der Waals surface area contributed by atoms with Crippen LogP contribution in [0.5, 0.6) is 0 Å². The van der Waals surface area contributed by atoms with E-state index in [9.17, 15) is 0 Å². The summed E-state index contributed by atoms with van der Waals surface area (Å²) in [6, 6.07) is 29.4. The molecule has 0 aliphatic rings. The molecule has 6 rings (SSSR count). The third-order valence-corrected chi connectivity index (χ3v) is 6.03. The van der Waals surface area contributed by atoms with E-state index in [-0.39, 0.29) is 25.7 Å². The van der Waals surface area contributed by atoms with Gasteiger partial charge in [-0.3, -0.25) is 4.98 Å². The van der Waals surface area contributed by atoms with E-state index in [1.165, 1.54) is 26.4 Å². The molecule has 163 valence electrons. The number of fused-ring (bicyclic) bond motifs is 3. The van der Waals surface area contributed by atoms with Crippen molar-refractivity contribution in [3.8, 4) is 22.5 Å². The van der Waals surface area contributed by atoms with Gasteiger partial charge in [-0.1, -0.05) is 36.4 Å². The molecule has 1 radical (unpaired) electrons. The molecule has 0 saturated carbocycles. The Morgan fingerprint density at radius 3 is 2.39 bits per heavy atom. The van der Waals surface area contributed by atoms with Gasteiger partial charge in [0.05, 0.1) is 4.70 Å². The van der Waals surface area contributed by atoms with Crippen LogP contribution in [-0.4, -0.2) is 15.0 Å². The number of aryl methyl sites for hydroxylation is 1. The Morgan fingerprint density at radius 1 is 0.788 bits per heavy atom. The van der Waals surface area contributed by atoms with E-state index in [1.807, 2.05) is 30.5 Å². The van der Waals surface area contributed by atoms with Crippen molar-refractivity contribution in [3.05, 3.63) is 115 Å². The largest absolute Gasteiger partial charge is 0.319 e. The molecule has 0 fully saturated rings. The van der Waals surface area contributed by atoms with Gasteiger partial charge < -0.3 is 9.97 Å². The molecule has 2 aromatic carbocycles. The zero-order valence-corrected chi connectivity index (χ0v) is 20.5. The fourth-order valence-corrected chi connectivity index (χ4v) is 4.41. The van der Waals surface area contributed by atoms with Crippen molar-refractivity contribution < 1.29 is 24.2 Å². The zero-order valence-electron chi connectivity index (χ0n) is 20.3. The molecule has 0 bridgehead atoms. The van der Waals surface area contributed by atoms with Crippen molar-refractivity contribution >= 4 is 31.5 Å². The quantitative estimate of drug-likeness (QED) is 0.192. The second-order valence-electron chi connectivity index (χ2n) is 7.02. The Bertz CT molecular complexity index is 1570. The zero-order chi connectivity index (χ0) is 24.3. The fraction of sp³-hybridized carbons (Fsp3) is 0.0357. The van der Waals surface area contributed by atoms with Gasteiger partial charge in [0.2, 0.25) is 0 Å². The first kappa shape index (κ1) is 19.2. The number of hydrogen-bond acceptors (Lipinski definition) is 4. The average molecular weight is 625 g/mol. The normalized spacial score (nSPS) is 12.1. The van der Waals surface area contributed by atoms with Crippen LogP contribution in [0.25, 0.3) is 42.7 Å². The van der Waals surface area contributed by atoms with E-state index in [0.29, 0.717) is 0 Å². The summed E-state index contributed by atoms with van der Waals surface area (Å²) in [5.41, 5.74) is 3.77. The molecular formula is C28H19IrN3S-2. The van der Waals surface area contributed by atoms with Crippen molar-refractivity contribution in [1.82, 2.24) is 15.0 Å². The Labute approximate surface area is 214 Å². The van der Waals surface area contributed by atoms with E-state index in [4.69, 9.17) is 4.11 Å². The monoisotopic (exact) mass is 625 g/mol. The molecule has 3 nitrogen and oxygen atoms in total. The van der Waals surface area contributed by atoms with Gasteiger partial charge in [-0.25, -0.2) is 0 Å². The first-order valence-corrected chi connectivity index (χ1v) is 10.8. The van der Waals surface area contributed by atoms with Crippen LogP contribution in [0.1, 0.15) is 9.68 Å². The number of pyridine rings is 3. The van der Waals surface area contributed by atoms with E-state index in [1.54, 1.807) is 41.9 Å². The summed E-state index contributed by atoms with van der Waals surface area (Å²) in [5.74, 6) is 0. The van der Waals surface area contributed by atoms with Gasteiger partial charge in [-0.2, -0.15) is 11.6 Å². The summed E-state index contributed by atoms with van der Waals surface area (Å²) >= 11 is 1.78. The van der Waals surface area contributed by atoms with Crippen LogP contribution < -0.4 is 0 Å². The van der Waals surface area contributed by atoms with Crippen molar-refractivity contribution in [2.75, 3.05) is 0 Å². The molecule has 0 aliphatic heterocycles. The van der Waals surface area contributed by atoms with Gasteiger partial charge in [0, 0.05) is 41.3 Å². The number of benzene rings is 2.